The Morgan fingerprint density at radius 1 is 1.17 bits per heavy atom. The van der Waals surface area contributed by atoms with E-state index in [0.717, 1.165) is 11.0 Å². The van der Waals surface area contributed by atoms with E-state index < -0.39 is 0 Å². The quantitative estimate of drug-likeness (QED) is 0.741. The van der Waals surface area contributed by atoms with Crippen molar-refractivity contribution in [2.75, 3.05) is 5.32 Å². The zero-order chi connectivity index (χ0) is 16.7. The summed E-state index contributed by atoms with van der Waals surface area (Å²) in [5, 5.41) is 13.7. The molecular weight excluding hydrogens is 326 g/mol. The first-order valence-corrected chi connectivity index (χ1v) is 7.96. The average molecular weight is 340 g/mol. The molecule has 3 aromatic rings. The first kappa shape index (κ1) is 14.8. The van der Waals surface area contributed by atoms with E-state index in [1.165, 1.54) is 0 Å². The van der Waals surface area contributed by atoms with Crippen LogP contribution in [0.2, 0.25) is 5.02 Å². The number of para-hydroxylation sites is 2. The second-order valence-corrected chi connectivity index (χ2v) is 6.04. The van der Waals surface area contributed by atoms with Gasteiger partial charge in [-0.25, -0.2) is 4.98 Å². The first-order chi connectivity index (χ1) is 11.6. The van der Waals surface area contributed by atoms with Gasteiger partial charge >= 0.3 is 0 Å². The van der Waals surface area contributed by atoms with Gasteiger partial charge in [0.1, 0.15) is 17.2 Å². The van der Waals surface area contributed by atoms with E-state index >= 15 is 0 Å². The number of fused-ring (bicyclic) bond motifs is 3. The average Bonchev–Trinajstić information content (AvgIpc) is 2.95. The van der Waals surface area contributed by atoms with Gasteiger partial charge in [0, 0.05) is 23.7 Å². The number of amides is 1. The van der Waals surface area contributed by atoms with Crippen LogP contribution in [0.5, 0.6) is 0 Å². The van der Waals surface area contributed by atoms with Crippen molar-refractivity contribution in [1.29, 1.82) is 0 Å². The lowest BCUT2D eigenvalue weighted by molar-refractivity contribution is -0.111. The molecule has 0 saturated carbocycles. The molecule has 0 unspecified atom stereocenters. The predicted octanol–water partition coefficient (Wildman–Crippen LogP) is 4.00. The van der Waals surface area contributed by atoms with Gasteiger partial charge in [-0.05, 0) is 36.4 Å². The van der Waals surface area contributed by atoms with Crippen LogP contribution >= 0.6 is 11.6 Å². The number of aromatic nitrogens is 2. The molecule has 2 heterocycles. The number of hydrogen-bond acceptors (Lipinski definition) is 3. The van der Waals surface area contributed by atoms with Gasteiger partial charge in [0.05, 0.1) is 11.0 Å². The lowest BCUT2D eigenvalue weighted by atomic mass is 10.1. The van der Waals surface area contributed by atoms with Crippen LogP contribution in [0.25, 0.3) is 16.6 Å². The number of benzene rings is 2. The molecular formula is C18H14ClN3O2. The van der Waals surface area contributed by atoms with Crippen molar-refractivity contribution in [3.63, 3.8) is 0 Å². The van der Waals surface area contributed by atoms with Crippen LogP contribution in [0.15, 0.2) is 54.3 Å². The van der Waals surface area contributed by atoms with Crippen molar-refractivity contribution < 1.29 is 9.90 Å². The van der Waals surface area contributed by atoms with Crippen molar-refractivity contribution in [1.82, 2.24) is 9.55 Å². The molecule has 2 aromatic carbocycles. The topological polar surface area (TPSA) is 67.2 Å². The third-order valence-corrected chi connectivity index (χ3v) is 4.32. The molecule has 1 amide bonds. The minimum absolute atomic E-state index is 0.0595. The highest BCUT2D eigenvalue weighted by Gasteiger charge is 2.27. The number of carbonyl (C=O) groups excluding carboxylic acids is 1. The normalized spacial score (nSPS) is 13.9. The van der Waals surface area contributed by atoms with Gasteiger partial charge < -0.3 is 15.0 Å². The number of anilines is 1. The van der Waals surface area contributed by atoms with E-state index in [-0.39, 0.29) is 17.2 Å². The van der Waals surface area contributed by atoms with Gasteiger partial charge in [0.25, 0.3) is 5.91 Å². The Hall–Kier alpha value is -2.79. The molecule has 6 heteroatoms. The fraction of sp³-hybridized carbons (Fsp3) is 0.111. The van der Waals surface area contributed by atoms with E-state index in [1.54, 1.807) is 24.3 Å². The molecule has 0 spiro atoms. The Kier molecular flexibility index (Phi) is 3.50. The summed E-state index contributed by atoms with van der Waals surface area (Å²) in [6, 6.07) is 14.5. The summed E-state index contributed by atoms with van der Waals surface area (Å²) < 4.78 is 1.96. The predicted molar refractivity (Wildman–Crippen MR) is 94.0 cm³/mol. The number of nitrogens with zero attached hydrogens (tertiary/aromatic N) is 2. The van der Waals surface area contributed by atoms with E-state index in [1.807, 2.05) is 28.8 Å². The molecule has 120 valence electrons. The van der Waals surface area contributed by atoms with Gasteiger partial charge in [-0.1, -0.05) is 23.7 Å². The fourth-order valence-corrected chi connectivity index (χ4v) is 3.05. The summed E-state index contributed by atoms with van der Waals surface area (Å²) in [5.41, 5.74) is 2.58. The van der Waals surface area contributed by atoms with Crippen LogP contribution in [0, 0.1) is 0 Å². The molecule has 2 N–H and O–H groups in total. The number of aliphatic hydroxyl groups is 1. The van der Waals surface area contributed by atoms with E-state index in [2.05, 4.69) is 10.3 Å². The number of nitrogens with one attached hydrogen (secondary N) is 1. The molecule has 1 aromatic heterocycles. The first-order valence-electron chi connectivity index (χ1n) is 7.58. The summed E-state index contributed by atoms with van der Waals surface area (Å²) in [6.45, 7) is 0.597. The second kappa shape index (κ2) is 5.69. The third kappa shape index (κ3) is 2.43. The van der Waals surface area contributed by atoms with Crippen LogP contribution in [-0.2, 0) is 11.3 Å². The summed E-state index contributed by atoms with van der Waals surface area (Å²) in [5.74, 6) is 0.168. The highest BCUT2D eigenvalue weighted by molar-refractivity contribution is 6.30. The number of imidazole rings is 1. The number of allylic oxidation sites excluding steroid dienone is 1. The Labute approximate surface area is 143 Å². The van der Waals surface area contributed by atoms with Crippen molar-refractivity contribution in [3.8, 4) is 0 Å². The largest absolute Gasteiger partial charge is 0.511 e. The molecule has 0 saturated heterocycles. The van der Waals surface area contributed by atoms with Gasteiger partial charge in [-0.15, -0.1) is 0 Å². The van der Waals surface area contributed by atoms with Crippen LogP contribution in [0.3, 0.4) is 0 Å². The molecule has 0 atom stereocenters. The van der Waals surface area contributed by atoms with E-state index in [4.69, 9.17) is 11.6 Å². The highest BCUT2D eigenvalue weighted by Crippen LogP contribution is 2.30. The third-order valence-electron chi connectivity index (χ3n) is 4.07. The standard InChI is InChI=1S/C18H14ClN3O2/c19-11-5-7-12(8-6-11)20-18(24)16-15(23)9-10-22-14-4-2-1-3-13(14)21-17(16)22/h1-8,23H,9-10H2,(H,20,24). The lowest BCUT2D eigenvalue weighted by Gasteiger charge is -2.18. The van der Waals surface area contributed by atoms with Gasteiger partial charge in [0.2, 0.25) is 0 Å². The van der Waals surface area contributed by atoms with Crippen LogP contribution in [0.4, 0.5) is 5.69 Å². The van der Waals surface area contributed by atoms with Gasteiger partial charge in [-0.2, -0.15) is 0 Å². The monoisotopic (exact) mass is 339 g/mol. The molecule has 0 radical (unpaired) electrons. The van der Waals surface area contributed by atoms with Crippen molar-refractivity contribution in [2.24, 2.45) is 0 Å². The summed E-state index contributed by atoms with van der Waals surface area (Å²) in [6.07, 6.45) is 0.400. The highest BCUT2D eigenvalue weighted by atomic mass is 35.5. The van der Waals surface area contributed by atoms with Crippen molar-refractivity contribution >= 4 is 39.8 Å². The Morgan fingerprint density at radius 2 is 1.92 bits per heavy atom. The summed E-state index contributed by atoms with van der Waals surface area (Å²) in [7, 11) is 0. The van der Waals surface area contributed by atoms with Crippen LogP contribution < -0.4 is 5.32 Å². The zero-order valence-corrected chi connectivity index (χ0v) is 13.4. The number of rotatable bonds is 2. The smallest absolute Gasteiger partial charge is 0.262 e. The fourth-order valence-electron chi connectivity index (χ4n) is 2.92. The maximum Gasteiger partial charge on any atom is 0.262 e. The minimum Gasteiger partial charge on any atom is -0.511 e. The molecule has 0 fully saturated rings. The second-order valence-electron chi connectivity index (χ2n) is 5.61. The number of hydrogen-bond donors (Lipinski definition) is 2. The summed E-state index contributed by atoms with van der Waals surface area (Å²) >= 11 is 5.86. The summed E-state index contributed by atoms with van der Waals surface area (Å²) in [4.78, 5) is 17.2. The van der Waals surface area contributed by atoms with E-state index in [0.29, 0.717) is 29.5 Å². The SMILES string of the molecule is O=C(Nc1ccc(Cl)cc1)C1=C(O)CCn2c1nc1ccccc12. The molecule has 1 aliphatic heterocycles. The number of carbonyl (C=O) groups is 1. The molecule has 0 bridgehead atoms. The maximum atomic E-state index is 12.7. The molecule has 0 aliphatic carbocycles. The Morgan fingerprint density at radius 3 is 2.71 bits per heavy atom. The zero-order valence-electron chi connectivity index (χ0n) is 12.7. The number of aryl methyl sites for hydroxylation is 1. The Bertz CT molecular complexity index is 974. The minimum atomic E-state index is -0.383. The number of halogens is 1. The number of aliphatic hydroxyl groups excluding tert-OH is 1. The molecule has 1 aliphatic rings. The van der Waals surface area contributed by atoms with Gasteiger partial charge in [-0.3, -0.25) is 4.79 Å². The molecule has 5 nitrogen and oxygen atoms in total. The maximum absolute atomic E-state index is 12.7. The van der Waals surface area contributed by atoms with Crippen molar-refractivity contribution in [2.45, 2.75) is 13.0 Å². The molecule has 24 heavy (non-hydrogen) atoms. The Balaban J connectivity index is 1.74. The van der Waals surface area contributed by atoms with Crippen LogP contribution in [0.1, 0.15) is 12.2 Å². The molecule has 4 rings (SSSR count). The van der Waals surface area contributed by atoms with Crippen molar-refractivity contribution in [3.05, 3.63) is 65.1 Å². The van der Waals surface area contributed by atoms with Crippen LogP contribution in [-0.4, -0.2) is 20.6 Å². The lowest BCUT2D eigenvalue weighted by Crippen LogP contribution is -2.22. The van der Waals surface area contributed by atoms with Gasteiger partial charge in [0.15, 0.2) is 0 Å². The van der Waals surface area contributed by atoms with E-state index in [9.17, 15) is 9.90 Å².